The Kier molecular flexibility index (Phi) is 6.94. The van der Waals surface area contributed by atoms with Gasteiger partial charge in [0, 0.05) is 0 Å². The van der Waals surface area contributed by atoms with Crippen LogP contribution in [0.15, 0.2) is 65.6 Å². The third kappa shape index (κ3) is 5.61. The monoisotopic (exact) mass is 480 g/mol. The molecule has 0 bridgehead atoms. The number of para-hydroxylation sites is 2. The number of methoxy groups -OCH3 is 1. The lowest BCUT2D eigenvalue weighted by Crippen LogP contribution is -2.16. The second kappa shape index (κ2) is 9.47. The molecule has 0 aliphatic rings. The molecule has 0 aliphatic carbocycles. The summed E-state index contributed by atoms with van der Waals surface area (Å²) in [5.41, 5.74) is 0.809. The summed E-state index contributed by atoms with van der Waals surface area (Å²) in [6, 6.07) is 14.9. The van der Waals surface area contributed by atoms with Crippen molar-refractivity contribution < 1.29 is 23.1 Å². The van der Waals surface area contributed by atoms with E-state index in [0.29, 0.717) is 21.4 Å². The second-order valence-electron chi connectivity index (χ2n) is 6.46. The lowest BCUT2D eigenvalue weighted by atomic mass is 10.1. The number of carbonyl (C=O) groups is 1. The standard InChI is InChI=1S/C21H18Cl2N2O5S/c1-30-20-5-3-2-4-17(20)25-31(28,29)14-7-9-19(26)18(12-14)24-21(27)11-13-6-8-15(22)16(23)10-13/h2-10,12,25-26H,11H2,1H3,(H,24,27). The molecular weight excluding hydrogens is 463 g/mol. The molecule has 31 heavy (non-hydrogen) atoms. The Hall–Kier alpha value is -2.94. The van der Waals surface area contributed by atoms with Crippen molar-refractivity contribution >= 4 is 50.5 Å². The smallest absolute Gasteiger partial charge is 0.262 e. The van der Waals surface area contributed by atoms with E-state index in [2.05, 4.69) is 10.0 Å². The van der Waals surface area contributed by atoms with Crippen LogP contribution in [0.1, 0.15) is 5.56 Å². The van der Waals surface area contributed by atoms with Gasteiger partial charge in [0.2, 0.25) is 5.91 Å². The Balaban J connectivity index is 1.80. The van der Waals surface area contributed by atoms with Crippen LogP contribution in [0.4, 0.5) is 11.4 Å². The molecule has 0 atom stereocenters. The number of phenols is 1. The zero-order valence-corrected chi connectivity index (χ0v) is 18.6. The van der Waals surface area contributed by atoms with Gasteiger partial charge in [0.15, 0.2) is 0 Å². The molecule has 0 aliphatic heterocycles. The highest BCUT2D eigenvalue weighted by atomic mass is 35.5. The van der Waals surface area contributed by atoms with Crippen LogP contribution in [0, 0.1) is 0 Å². The van der Waals surface area contributed by atoms with Crippen LogP contribution in [0.3, 0.4) is 0 Å². The summed E-state index contributed by atoms with van der Waals surface area (Å²) in [6.45, 7) is 0. The van der Waals surface area contributed by atoms with Crippen LogP contribution in [0.2, 0.25) is 10.0 Å². The van der Waals surface area contributed by atoms with Gasteiger partial charge in [-0.15, -0.1) is 0 Å². The number of phenolic OH excluding ortho intramolecular Hbond substituents is 1. The molecular formula is C21H18Cl2N2O5S. The molecule has 7 nitrogen and oxygen atoms in total. The number of hydrogen-bond donors (Lipinski definition) is 3. The topological polar surface area (TPSA) is 105 Å². The highest BCUT2D eigenvalue weighted by Crippen LogP contribution is 2.30. The number of anilines is 2. The van der Waals surface area contributed by atoms with E-state index in [1.54, 1.807) is 42.5 Å². The first-order chi connectivity index (χ1) is 14.7. The zero-order valence-electron chi connectivity index (χ0n) is 16.2. The van der Waals surface area contributed by atoms with E-state index in [1.165, 1.54) is 25.3 Å². The van der Waals surface area contributed by atoms with Crippen molar-refractivity contribution in [3.05, 3.63) is 76.3 Å². The molecule has 3 N–H and O–H groups in total. The molecule has 0 fully saturated rings. The first kappa shape index (κ1) is 22.7. The highest BCUT2D eigenvalue weighted by Gasteiger charge is 2.19. The van der Waals surface area contributed by atoms with Crippen molar-refractivity contribution in [3.63, 3.8) is 0 Å². The summed E-state index contributed by atoms with van der Waals surface area (Å²) in [5.74, 6) is -0.403. The van der Waals surface area contributed by atoms with Crippen molar-refractivity contribution in [1.29, 1.82) is 0 Å². The van der Waals surface area contributed by atoms with Crippen molar-refractivity contribution in [2.45, 2.75) is 11.3 Å². The van der Waals surface area contributed by atoms with Crippen molar-refractivity contribution in [2.75, 3.05) is 17.1 Å². The largest absolute Gasteiger partial charge is 0.506 e. The van der Waals surface area contributed by atoms with Crippen LogP contribution < -0.4 is 14.8 Å². The third-order valence-electron chi connectivity index (χ3n) is 4.25. The van der Waals surface area contributed by atoms with Crippen molar-refractivity contribution in [3.8, 4) is 11.5 Å². The minimum absolute atomic E-state index is 0.0482. The molecule has 3 aromatic carbocycles. The lowest BCUT2D eigenvalue weighted by Gasteiger charge is -2.13. The summed E-state index contributed by atoms with van der Waals surface area (Å²) < 4.78 is 33.2. The maximum atomic E-state index is 12.8. The number of nitrogens with one attached hydrogen (secondary N) is 2. The maximum Gasteiger partial charge on any atom is 0.262 e. The molecule has 0 aromatic heterocycles. The Bertz CT molecular complexity index is 1230. The maximum absolute atomic E-state index is 12.8. The molecule has 162 valence electrons. The minimum Gasteiger partial charge on any atom is -0.506 e. The normalized spacial score (nSPS) is 11.1. The Morgan fingerprint density at radius 1 is 1.00 bits per heavy atom. The van der Waals surface area contributed by atoms with Crippen LogP contribution in [0.25, 0.3) is 0 Å². The number of aromatic hydroxyl groups is 1. The van der Waals surface area contributed by atoms with E-state index in [4.69, 9.17) is 27.9 Å². The molecule has 3 aromatic rings. The summed E-state index contributed by atoms with van der Waals surface area (Å²) in [4.78, 5) is 12.2. The fourth-order valence-electron chi connectivity index (χ4n) is 2.74. The van der Waals surface area contributed by atoms with Crippen LogP contribution >= 0.6 is 23.2 Å². The summed E-state index contributed by atoms with van der Waals surface area (Å²) in [6.07, 6.45) is -0.0488. The molecule has 1 amide bonds. The molecule has 0 saturated heterocycles. The van der Waals surface area contributed by atoms with E-state index in [1.807, 2.05) is 0 Å². The molecule has 10 heteroatoms. The number of carbonyl (C=O) groups excluding carboxylic acids is 1. The number of amides is 1. The Labute approximate surface area is 189 Å². The molecule has 0 radical (unpaired) electrons. The zero-order chi connectivity index (χ0) is 22.6. The van der Waals surface area contributed by atoms with Gasteiger partial charge in [-0.3, -0.25) is 9.52 Å². The molecule has 0 unspecified atom stereocenters. The van der Waals surface area contributed by atoms with Gasteiger partial charge >= 0.3 is 0 Å². The van der Waals surface area contributed by atoms with Gasteiger partial charge in [-0.05, 0) is 48.0 Å². The average molecular weight is 481 g/mol. The van der Waals surface area contributed by atoms with Gasteiger partial charge in [0.05, 0.1) is 39.8 Å². The number of ether oxygens (including phenoxy) is 1. The highest BCUT2D eigenvalue weighted by molar-refractivity contribution is 7.92. The van der Waals surface area contributed by atoms with Gasteiger partial charge in [0.25, 0.3) is 10.0 Å². The SMILES string of the molecule is COc1ccccc1NS(=O)(=O)c1ccc(O)c(NC(=O)Cc2ccc(Cl)c(Cl)c2)c1. The lowest BCUT2D eigenvalue weighted by molar-refractivity contribution is -0.115. The molecule has 0 saturated carbocycles. The minimum atomic E-state index is -4.01. The quantitative estimate of drug-likeness (QED) is 0.425. The number of hydrogen-bond acceptors (Lipinski definition) is 5. The fourth-order valence-corrected chi connectivity index (χ4v) is 4.16. The third-order valence-corrected chi connectivity index (χ3v) is 6.35. The molecule has 0 heterocycles. The van der Waals surface area contributed by atoms with Gasteiger partial charge in [-0.25, -0.2) is 8.42 Å². The van der Waals surface area contributed by atoms with Gasteiger partial charge in [0.1, 0.15) is 11.5 Å². The predicted octanol–water partition coefficient (Wildman–Crippen LogP) is 4.69. The van der Waals surface area contributed by atoms with E-state index in [-0.39, 0.29) is 28.4 Å². The van der Waals surface area contributed by atoms with Crippen molar-refractivity contribution in [2.24, 2.45) is 0 Å². The second-order valence-corrected chi connectivity index (χ2v) is 8.95. The first-order valence-corrected chi connectivity index (χ1v) is 11.2. The van der Waals surface area contributed by atoms with Crippen LogP contribution in [0.5, 0.6) is 11.5 Å². The predicted molar refractivity (Wildman–Crippen MR) is 121 cm³/mol. The summed E-state index contributed by atoms with van der Waals surface area (Å²) in [5, 5.41) is 13.3. The summed E-state index contributed by atoms with van der Waals surface area (Å²) >= 11 is 11.8. The number of rotatable bonds is 7. The van der Waals surface area contributed by atoms with E-state index in [0.717, 1.165) is 0 Å². The Morgan fingerprint density at radius 2 is 1.74 bits per heavy atom. The van der Waals surface area contributed by atoms with Gasteiger partial charge in [-0.2, -0.15) is 0 Å². The summed E-state index contributed by atoms with van der Waals surface area (Å²) in [7, 11) is -2.59. The van der Waals surface area contributed by atoms with Gasteiger partial charge < -0.3 is 15.2 Å². The molecule has 3 rings (SSSR count). The van der Waals surface area contributed by atoms with E-state index in [9.17, 15) is 18.3 Å². The number of benzene rings is 3. The van der Waals surface area contributed by atoms with Crippen LogP contribution in [-0.4, -0.2) is 26.5 Å². The number of sulfonamides is 1. The number of halogens is 2. The van der Waals surface area contributed by atoms with Gasteiger partial charge in [-0.1, -0.05) is 41.4 Å². The fraction of sp³-hybridized carbons (Fsp3) is 0.0952. The van der Waals surface area contributed by atoms with Crippen LogP contribution in [-0.2, 0) is 21.2 Å². The average Bonchev–Trinajstić information content (AvgIpc) is 2.72. The first-order valence-electron chi connectivity index (χ1n) is 8.92. The van der Waals surface area contributed by atoms with E-state index < -0.39 is 15.9 Å². The van der Waals surface area contributed by atoms with E-state index >= 15 is 0 Å². The Morgan fingerprint density at radius 3 is 2.45 bits per heavy atom. The van der Waals surface area contributed by atoms with Crippen molar-refractivity contribution in [1.82, 2.24) is 0 Å². The molecule has 0 spiro atoms.